The van der Waals surface area contributed by atoms with Crippen LogP contribution in [0.15, 0.2) is 9.59 Å². The summed E-state index contributed by atoms with van der Waals surface area (Å²) in [5, 5.41) is 3.12. The summed E-state index contributed by atoms with van der Waals surface area (Å²) in [6.07, 6.45) is 3.57. The molecule has 2 rings (SSSR count). The lowest BCUT2D eigenvalue weighted by atomic mass is 10.1. The van der Waals surface area contributed by atoms with Crippen LogP contribution in [0.2, 0.25) is 0 Å². The van der Waals surface area contributed by atoms with Gasteiger partial charge in [0.05, 0.1) is 0 Å². The summed E-state index contributed by atoms with van der Waals surface area (Å²) in [7, 11) is 0. The molecule has 1 aliphatic carbocycles. The molecule has 0 aromatic carbocycles. The van der Waals surface area contributed by atoms with Crippen LogP contribution in [0.5, 0.6) is 0 Å². The molecular weight excluding hydrogens is 232 g/mol. The highest BCUT2D eigenvalue weighted by atomic mass is 16.2. The molecule has 18 heavy (non-hydrogen) atoms. The summed E-state index contributed by atoms with van der Waals surface area (Å²) in [4.78, 5) is 25.6. The Hall–Kier alpha value is -1.72. The van der Waals surface area contributed by atoms with Gasteiger partial charge in [-0.05, 0) is 26.2 Å². The Morgan fingerprint density at radius 3 is 2.72 bits per heavy atom. The lowest BCUT2D eigenvalue weighted by Crippen LogP contribution is -2.35. The van der Waals surface area contributed by atoms with Crippen molar-refractivity contribution in [2.75, 3.05) is 11.1 Å². The maximum Gasteiger partial charge on any atom is 0.330 e. The average Bonchev–Trinajstić information content (AvgIpc) is 3.08. The topological polar surface area (TPSA) is 92.9 Å². The molecule has 1 aromatic rings. The SMILES string of the molecule is CCn1c(N)c(NC(C)CC2CC2)c(=O)[nH]c1=O. The van der Waals surface area contributed by atoms with Crippen LogP contribution < -0.4 is 22.3 Å². The third-order valence-corrected chi connectivity index (χ3v) is 3.33. The van der Waals surface area contributed by atoms with Crippen LogP contribution in [0.3, 0.4) is 0 Å². The molecule has 0 amide bonds. The van der Waals surface area contributed by atoms with E-state index in [0.29, 0.717) is 12.2 Å². The smallest absolute Gasteiger partial charge is 0.330 e. The number of rotatable bonds is 5. The zero-order chi connectivity index (χ0) is 13.3. The van der Waals surface area contributed by atoms with Gasteiger partial charge in [-0.1, -0.05) is 12.8 Å². The molecule has 6 nitrogen and oxygen atoms in total. The number of nitrogens with one attached hydrogen (secondary N) is 2. The fourth-order valence-electron chi connectivity index (χ4n) is 2.20. The van der Waals surface area contributed by atoms with Crippen molar-refractivity contribution < 1.29 is 0 Å². The predicted molar refractivity (Wildman–Crippen MR) is 71.8 cm³/mol. The van der Waals surface area contributed by atoms with E-state index in [1.165, 1.54) is 17.4 Å². The van der Waals surface area contributed by atoms with E-state index < -0.39 is 11.2 Å². The van der Waals surface area contributed by atoms with Crippen molar-refractivity contribution in [1.82, 2.24) is 9.55 Å². The van der Waals surface area contributed by atoms with Gasteiger partial charge in [-0.25, -0.2) is 4.79 Å². The highest BCUT2D eigenvalue weighted by Crippen LogP contribution is 2.34. The molecule has 4 N–H and O–H groups in total. The minimum Gasteiger partial charge on any atom is -0.383 e. The Balaban J connectivity index is 2.25. The molecule has 100 valence electrons. The molecule has 1 unspecified atom stereocenters. The summed E-state index contributed by atoms with van der Waals surface area (Å²) in [6, 6.07) is 0.184. The summed E-state index contributed by atoms with van der Waals surface area (Å²) in [5.41, 5.74) is 5.28. The minimum atomic E-state index is -0.458. The van der Waals surface area contributed by atoms with Gasteiger partial charge in [0.2, 0.25) is 0 Å². The fraction of sp³-hybridized carbons (Fsp3) is 0.667. The number of aromatic nitrogens is 2. The largest absolute Gasteiger partial charge is 0.383 e. The van der Waals surface area contributed by atoms with Crippen molar-refractivity contribution in [2.24, 2.45) is 5.92 Å². The highest BCUT2D eigenvalue weighted by Gasteiger charge is 2.24. The summed E-state index contributed by atoms with van der Waals surface area (Å²) >= 11 is 0. The molecule has 1 fully saturated rings. The van der Waals surface area contributed by atoms with Crippen LogP contribution in [0.4, 0.5) is 11.5 Å². The second-order valence-corrected chi connectivity index (χ2v) is 4.99. The lowest BCUT2D eigenvalue weighted by Gasteiger charge is -2.17. The Bertz CT molecular complexity index is 542. The van der Waals surface area contributed by atoms with Crippen LogP contribution in [-0.4, -0.2) is 15.6 Å². The van der Waals surface area contributed by atoms with Crippen molar-refractivity contribution in [3.8, 4) is 0 Å². The number of nitrogens with two attached hydrogens (primary N) is 1. The molecular formula is C12H20N4O2. The molecule has 6 heteroatoms. The molecule has 0 bridgehead atoms. The monoisotopic (exact) mass is 252 g/mol. The lowest BCUT2D eigenvalue weighted by molar-refractivity contribution is 0.637. The van der Waals surface area contributed by atoms with Gasteiger partial charge in [0.1, 0.15) is 11.5 Å². The second-order valence-electron chi connectivity index (χ2n) is 4.99. The van der Waals surface area contributed by atoms with Crippen LogP contribution in [0.1, 0.15) is 33.1 Å². The zero-order valence-electron chi connectivity index (χ0n) is 10.8. The van der Waals surface area contributed by atoms with Gasteiger partial charge in [-0.3, -0.25) is 14.3 Å². The van der Waals surface area contributed by atoms with Crippen LogP contribution in [0, 0.1) is 5.92 Å². The van der Waals surface area contributed by atoms with Gasteiger partial charge in [0, 0.05) is 12.6 Å². The first kappa shape index (κ1) is 12.7. The molecule has 1 heterocycles. The predicted octanol–water partition coefficient (Wildman–Crippen LogP) is 0.739. The molecule has 1 aromatic heterocycles. The Kier molecular flexibility index (Phi) is 3.45. The molecule has 1 atom stereocenters. The number of H-pyrrole nitrogens is 1. The summed E-state index contributed by atoms with van der Waals surface area (Å²) in [5.74, 6) is 0.985. The zero-order valence-corrected chi connectivity index (χ0v) is 10.8. The number of hydrogen-bond acceptors (Lipinski definition) is 4. The average molecular weight is 252 g/mol. The maximum absolute atomic E-state index is 11.8. The third kappa shape index (κ3) is 2.57. The molecule has 1 aliphatic rings. The summed E-state index contributed by atoms with van der Waals surface area (Å²) in [6.45, 7) is 4.28. The molecule has 0 spiro atoms. The Labute approximate surface area is 105 Å². The van der Waals surface area contributed by atoms with Gasteiger partial charge in [0.15, 0.2) is 0 Å². The van der Waals surface area contributed by atoms with E-state index in [1.54, 1.807) is 0 Å². The van der Waals surface area contributed by atoms with E-state index in [4.69, 9.17) is 5.73 Å². The Morgan fingerprint density at radius 2 is 2.17 bits per heavy atom. The minimum absolute atomic E-state index is 0.184. The van der Waals surface area contributed by atoms with Crippen molar-refractivity contribution in [1.29, 1.82) is 0 Å². The van der Waals surface area contributed by atoms with Crippen molar-refractivity contribution in [3.63, 3.8) is 0 Å². The Morgan fingerprint density at radius 1 is 1.50 bits per heavy atom. The molecule has 0 aliphatic heterocycles. The highest BCUT2D eigenvalue weighted by molar-refractivity contribution is 5.60. The van der Waals surface area contributed by atoms with Gasteiger partial charge < -0.3 is 11.1 Å². The summed E-state index contributed by atoms with van der Waals surface area (Å²) < 4.78 is 1.35. The first-order valence-corrected chi connectivity index (χ1v) is 6.42. The van der Waals surface area contributed by atoms with Crippen LogP contribution >= 0.6 is 0 Å². The fourth-order valence-corrected chi connectivity index (χ4v) is 2.20. The standard InChI is InChI=1S/C12H20N4O2/c1-3-16-10(13)9(11(17)15-12(16)18)14-7(2)6-8-4-5-8/h7-8,14H,3-6,13H2,1-2H3,(H,15,17,18). The first-order chi connectivity index (χ1) is 8.52. The number of anilines is 2. The van der Waals surface area contributed by atoms with Crippen molar-refractivity contribution in [3.05, 3.63) is 20.8 Å². The van der Waals surface area contributed by atoms with E-state index in [2.05, 4.69) is 10.3 Å². The van der Waals surface area contributed by atoms with Gasteiger partial charge in [-0.15, -0.1) is 0 Å². The van der Waals surface area contributed by atoms with E-state index in [1.807, 2.05) is 13.8 Å². The number of nitrogen functional groups attached to an aromatic ring is 1. The van der Waals surface area contributed by atoms with Gasteiger partial charge in [-0.2, -0.15) is 0 Å². The van der Waals surface area contributed by atoms with Crippen LogP contribution in [0.25, 0.3) is 0 Å². The maximum atomic E-state index is 11.8. The van der Waals surface area contributed by atoms with Crippen molar-refractivity contribution in [2.45, 2.75) is 45.7 Å². The van der Waals surface area contributed by atoms with E-state index in [0.717, 1.165) is 12.3 Å². The normalized spacial score (nSPS) is 16.6. The molecule has 1 saturated carbocycles. The first-order valence-electron chi connectivity index (χ1n) is 6.42. The molecule has 0 radical (unpaired) electrons. The third-order valence-electron chi connectivity index (χ3n) is 3.33. The van der Waals surface area contributed by atoms with E-state index >= 15 is 0 Å². The quantitative estimate of drug-likeness (QED) is 0.720. The number of aromatic amines is 1. The van der Waals surface area contributed by atoms with Crippen molar-refractivity contribution >= 4 is 11.5 Å². The number of hydrogen-bond donors (Lipinski definition) is 3. The van der Waals surface area contributed by atoms with E-state index in [-0.39, 0.29) is 11.9 Å². The molecule has 0 saturated heterocycles. The van der Waals surface area contributed by atoms with Gasteiger partial charge >= 0.3 is 5.69 Å². The number of nitrogens with zero attached hydrogens (tertiary/aromatic N) is 1. The van der Waals surface area contributed by atoms with Gasteiger partial charge in [0.25, 0.3) is 5.56 Å². The van der Waals surface area contributed by atoms with Crippen LogP contribution in [-0.2, 0) is 6.54 Å². The van der Waals surface area contributed by atoms with E-state index in [9.17, 15) is 9.59 Å². The second kappa shape index (κ2) is 4.88.